The normalized spacial score (nSPS) is 11.2. The summed E-state index contributed by atoms with van der Waals surface area (Å²) in [5.41, 5.74) is 3.14. The quantitative estimate of drug-likeness (QED) is 0.451. The van der Waals surface area contributed by atoms with Crippen LogP contribution in [0.1, 0.15) is 11.3 Å². The monoisotopic (exact) mass is 323 g/mol. The van der Waals surface area contributed by atoms with Crippen molar-refractivity contribution in [1.82, 2.24) is 9.38 Å². The van der Waals surface area contributed by atoms with E-state index in [-0.39, 0.29) is 5.69 Å². The molecule has 0 fully saturated rings. The van der Waals surface area contributed by atoms with E-state index in [0.29, 0.717) is 22.6 Å². The fourth-order valence-electron chi connectivity index (χ4n) is 2.51. The van der Waals surface area contributed by atoms with Crippen LogP contribution in [0.5, 0.6) is 0 Å². The maximum absolute atomic E-state index is 11.0. The van der Waals surface area contributed by atoms with E-state index >= 15 is 0 Å². The number of aryl methyl sites for hydroxylation is 1. The minimum atomic E-state index is -1.08. The number of carboxylic acid groups (broad SMARTS) is 1. The third-order valence-corrected chi connectivity index (χ3v) is 3.60. The maximum Gasteiger partial charge on any atom is 0.328 e. The zero-order valence-corrected chi connectivity index (χ0v) is 12.7. The highest BCUT2D eigenvalue weighted by Crippen LogP contribution is 2.29. The Labute approximate surface area is 136 Å². The van der Waals surface area contributed by atoms with E-state index in [1.165, 1.54) is 18.2 Å². The number of carbonyl (C=O) groups is 1. The number of hydrogen-bond acceptors (Lipinski definition) is 4. The summed E-state index contributed by atoms with van der Waals surface area (Å²) in [5, 5.41) is 19.9. The summed E-state index contributed by atoms with van der Waals surface area (Å²) in [6.07, 6.45) is 4.24. The summed E-state index contributed by atoms with van der Waals surface area (Å²) in [4.78, 5) is 26.0. The van der Waals surface area contributed by atoms with E-state index in [1.54, 1.807) is 22.7 Å². The molecule has 2 aromatic heterocycles. The highest BCUT2D eigenvalue weighted by Gasteiger charge is 2.16. The molecule has 2 heterocycles. The predicted octanol–water partition coefficient (Wildman–Crippen LogP) is 3.32. The van der Waals surface area contributed by atoms with E-state index in [1.807, 2.05) is 19.1 Å². The van der Waals surface area contributed by atoms with E-state index in [2.05, 4.69) is 4.98 Å². The van der Waals surface area contributed by atoms with Gasteiger partial charge in [-0.05, 0) is 24.6 Å². The summed E-state index contributed by atoms with van der Waals surface area (Å²) >= 11 is 0. The smallest absolute Gasteiger partial charge is 0.328 e. The Morgan fingerprint density at radius 1 is 1.33 bits per heavy atom. The lowest BCUT2D eigenvalue weighted by atomic mass is 10.1. The number of fused-ring (bicyclic) bond motifs is 1. The number of aliphatic carboxylic acids is 1. The molecular weight excluding hydrogens is 310 g/mol. The number of benzene rings is 1. The van der Waals surface area contributed by atoms with Gasteiger partial charge in [0.25, 0.3) is 5.69 Å². The number of imidazole rings is 1. The van der Waals surface area contributed by atoms with E-state index in [0.717, 1.165) is 11.6 Å². The van der Waals surface area contributed by atoms with Crippen molar-refractivity contribution in [2.45, 2.75) is 6.92 Å². The van der Waals surface area contributed by atoms with Gasteiger partial charge in [-0.3, -0.25) is 14.5 Å². The van der Waals surface area contributed by atoms with Crippen molar-refractivity contribution in [2.75, 3.05) is 0 Å². The van der Waals surface area contributed by atoms with Gasteiger partial charge >= 0.3 is 5.97 Å². The lowest BCUT2D eigenvalue weighted by molar-refractivity contribution is -0.384. The summed E-state index contributed by atoms with van der Waals surface area (Å²) < 4.78 is 1.77. The minimum absolute atomic E-state index is 0.0468. The van der Waals surface area contributed by atoms with Gasteiger partial charge in [-0.15, -0.1) is 0 Å². The molecule has 0 bridgehead atoms. The molecular formula is C17H13N3O4. The van der Waals surface area contributed by atoms with Gasteiger partial charge in [0.15, 0.2) is 0 Å². The van der Waals surface area contributed by atoms with Crippen LogP contribution in [-0.2, 0) is 4.79 Å². The molecule has 0 radical (unpaired) electrons. The number of nitro groups is 1. The lowest BCUT2D eigenvalue weighted by Gasteiger charge is -2.01. The highest BCUT2D eigenvalue weighted by atomic mass is 16.6. The molecule has 0 atom stereocenters. The van der Waals surface area contributed by atoms with Crippen LogP contribution in [0.2, 0.25) is 0 Å². The minimum Gasteiger partial charge on any atom is -0.478 e. The largest absolute Gasteiger partial charge is 0.478 e. The van der Waals surface area contributed by atoms with Crippen LogP contribution in [0.15, 0.2) is 48.7 Å². The van der Waals surface area contributed by atoms with Gasteiger partial charge in [0, 0.05) is 30.0 Å². The van der Waals surface area contributed by atoms with Crippen molar-refractivity contribution < 1.29 is 14.8 Å². The van der Waals surface area contributed by atoms with E-state index in [4.69, 9.17) is 5.11 Å². The van der Waals surface area contributed by atoms with Gasteiger partial charge in [-0.2, -0.15) is 0 Å². The molecule has 0 spiro atoms. The molecule has 0 saturated heterocycles. The molecule has 0 unspecified atom stereocenters. The molecule has 7 nitrogen and oxygen atoms in total. The van der Waals surface area contributed by atoms with Crippen molar-refractivity contribution in [3.05, 3.63) is 70.0 Å². The Hall–Kier alpha value is -3.48. The zero-order chi connectivity index (χ0) is 17.3. The van der Waals surface area contributed by atoms with Gasteiger partial charge in [0.05, 0.1) is 16.3 Å². The molecule has 0 aliphatic rings. The fraction of sp³-hybridized carbons (Fsp3) is 0.0588. The number of non-ortho nitro benzene ring substituents is 1. The summed E-state index contributed by atoms with van der Waals surface area (Å²) in [6, 6.07) is 9.84. The number of nitro benzene ring substituents is 1. The Balaban J connectivity index is 2.28. The number of rotatable bonds is 4. The maximum atomic E-state index is 11.0. The molecule has 120 valence electrons. The van der Waals surface area contributed by atoms with Gasteiger partial charge in [-0.1, -0.05) is 18.2 Å². The number of pyridine rings is 1. The van der Waals surface area contributed by atoms with Crippen LogP contribution >= 0.6 is 0 Å². The lowest BCUT2D eigenvalue weighted by Crippen LogP contribution is -1.92. The summed E-state index contributed by atoms with van der Waals surface area (Å²) in [7, 11) is 0. The molecule has 24 heavy (non-hydrogen) atoms. The third kappa shape index (κ3) is 2.74. The van der Waals surface area contributed by atoms with Gasteiger partial charge in [0.1, 0.15) is 5.65 Å². The fourth-order valence-corrected chi connectivity index (χ4v) is 2.51. The number of aromatic nitrogens is 2. The van der Waals surface area contributed by atoms with E-state index in [9.17, 15) is 14.9 Å². The van der Waals surface area contributed by atoms with Crippen LogP contribution in [-0.4, -0.2) is 25.4 Å². The molecule has 0 saturated carbocycles. The van der Waals surface area contributed by atoms with Gasteiger partial charge in [0.2, 0.25) is 0 Å². The van der Waals surface area contributed by atoms with Gasteiger partial charge < -0.3 is 5.11 Å². The van der Waals surface area contributed by atoms with Gasteiger partial charge in [-0.25, -0.2) is 9.78 Å². The number of hydrogen-bond donors (Lipinski definition) is 1. The highest BCUT2D eigenvalue weighted by molar-refractivity contribution is 5.87. The third-order valence-electron chi connectivity index (χ3n) is 3.60. The SMILES string of the molecule is Cc1cccn2c(/C=C/C(=O)O)c(-c3cccc([N+](=O)[O-])c3)nc12. The second-order valence-electron chi connectivity index (χ2n) is 5.21. The van der Waals surface area contributed by atoms with Crippen molar-refractivity contribution in [1.29, 1.82) is 0 Å². The summed E-state index contributed by atoms with van der Waals surface area (Å²) in [5.74, 6) is -1.08. The van der Waals surface area contributed by atoms with E-state index < -0.39 is 10.9 Å². The first-order valence-electron chi connectivity index (χ1n) is 7.11. The molecule has 3 aromatic rings. The molecule has 0 aliphatic carbocycles. The molecule has 1 N–H and O–H groups in total. The van der Waals surface area contributed by atoms with Crippen LogP contribution in [0, 0.1) is 17.0 Å². The summed E-state index contributed by atoms with van der Waals surface area (Å²) in [6.45, 7) is 1.89. The Bertz CT molecular complexity index is 989. The topological polar surface area (TPSA) is 97.7 Å². The van der Waals surface area contributed by atoms with Crippen molar-refractivity contribution in [3.63, 3.8) is 0 Å². The van der Waals surface area contributed by atoms with Crippen molar-refractivity contribution in [3.8, 4) is 11.3 Å². The second-order valence-corrected chi connectivity index (χ2v) is 5.21. The number of nitrogens with zero attached hydrogens (tertiary/aromatic N) is 3. The molecule has 7 heteroatoms. The first kappa shape index (κ1) is 15.4. The first-order chi connectivity index (χ1) is 11.5. The molecule has 1 aromatic carbocycles. The average Bonchev–Trinajstić information content (AvgIpc) is 2.93. The van der Waals surface area contributed by atoms with Crippen LogP contribution in [0.3, 0.4) is 0 Å². The van der Waals surface area contributed by atoms with Crippen LogP contribution in [0.4, 0.5) is 5.69 Å². The van der Waals surface area contributed by atoms with Crippen LogP contribution < -0.4 is 0 Å². The zero-order valence-electron chi connectivity index (χ0n) is 12.7. The van der Waals surface area contributed by atoms with Crippen molar-refractivity contribution in [2.24, 2.45) is 0 Å². The molecule has 3 rings (SSSR count). The second kappa shape index (κ2) is 5.96. The predicted molar refractivity (Wildman–Crippen MR) is 88.7 cm³/mol. The number of carboxylic acids is 1. The average molecular weight is 323 g/mol. The van der Waals surface area contributed by atoms with Crippen LogP contribution in [0.25, 0.3) is 23.0 Å². The standard InChI is InChI=1S/C17H13N3O4/c1-11-4-3-9-19-14(7-8-15(21)22)16(18-17(11)19)12-5-2-6-13(10-12)20(23)24/h2-10H,1H3,(H,21,22)/b8-7+. The first-order valence-corrected chi connectivity index (χ1v) is 7.11. The molecule has 0 amide bonds. The molecule has 0 aliphatic heterocycles. The Kier molecular flexibility index (Phi) is 3.83. The Morgan fingerprint density at radius 3 is 2.83 bits per heavy atom. The van der Waals surface area contributed by atoms with Crippen molar-refractivity contribution >= 4 is 23.4 Å². The Morgan fingerprint density at radius 2 is 2.12 bits per heavy atom.